The highest BCUT2D eigenvalue weighted by atomic mass is 16.3. The fourth-order valence-corrected chi connectivity index (χ4v) is 3.77. The van der Waals surface area contributed by atoms with Crippen molar-refractivity contribution in [2.75, 3.05) is 0 Å². The molecule has 0 heterocycles. The number of aliphatic hydroxyl groups excluding tert-OH is 1. The lowest BCUT2D eigenvalue weighted by molar-refractivity contribution is -0.126. The van der Waals surface area contributed by atoms with Crippen LogP contribution in [0.5, 0.6) is 0 Å². The molecule has 0 spiro atoms. The second kappa shape index (κ2) is 11.0. The van der Waals surface area contributed by atoms with E-state index >= 15 is 0 Å². The lowest BCUT2D eigenvalue weighted by Crippen LogP contribution is -2.42. The van der Waals surface area contributed by atoms with E-state index in [1.54, 1.807) is 0 Å². The Kier molecular flexibility index (Phi) is 8.64. The molecule has 0 saturated heterocycles. The summed E-state index contributed by atoms with van der Waals surface area (Å²) < 4.78 is 0. The number of amides is 2. The Morgan fingerprint density at radius 1 is 1.14 bits per heavy atom. The van der Waals surface area contributed by atoms with Crippen molar-refractivity contribution >= 4 is 18.3 Å². The molecular weight excluding hydrogens is 372 g/mol. The molecule has 29 heavy (non-hydrogen) atoms. The fraction of sp³-hybridized carbons (Fsp3) is 0.591. The van der Waals surface area contributed by atoms with Gasteiger partial charge in [-0.2, -0.15) is 0 Å². The van der Waals surface area contributed by atoms with Gasteiger partial charge >= 0.3 is 0 Å². The van der Waals surface area contributed by atoms with Gasteiger partial charge in [-0.05, 0) is 62.1 Å². The number of carbonyl (C=O) groups excluding carboxylic acids is 2. The molecule has 160 valence electrons. The number of carbonyl (C=O) groups is 3. The molecule has 2 fully saturated rings. The van der Waals surface area contributed by atoms with Crippen molar-refractivity contribution in [3.8, 4) is 0 Å². The van der Waals surface area contributed by atoms with Crippen molar-refractivity contribution in [3.63, 3.8) is 0 Å². The molecule has 2 amide bonds. The van der Waals surface area contributed by atoms with Gasteiger partial charge in [0.15, 0.2) is 0 Å². The van der Waals surface area contributed by atoms with Gasteiger partial charge in [0.25, 0.3) is 12.4 Å². The summed E-state index contributed by atoms with van der Waals surface area (Å²) in [5, 5.41) is 23.1. The van der Waals surface area contributed by atoms with E-state index in [0.29, 0.717) is 30.4 Å². The zero-order chi connectivity index (χ0) is 21.4. The second-order valence-corrected chi connectivity index (χ2v) is 8.35. The fourth-order valence-electron chi connectivity index (χ4n) is 3.77. The summed E-state index contributed by atoms with van der Waals surface area (Å²) in [5.74, 6) is 0.185. The predicted molar refractivity (Wildman–Crippen MR) is 109 cm³/mol. The SMILES string of the molecule is CC(C)Cc1ccc(C(=O)N[C@@H]2C[C@H](C(=O)NC3CCC3)C[C@H]2O)cc1.O=CO. The van der Waals surface area contributed by atoms with Crippen LogP contribution in [0.2, 0.25) is 0 Å². The van der Waals surface area contributed by atoms with Gasteiger partial charge in [0.2, 0.25) is 5.91 Å². The molecular formula is C22H32N2O5. The van der Waals surface area contributed by atoms with E-state index in [1.165, 1.54) is 12.0 Å². The number of nitrogens with one attached hydrogen (secondary N) is 2. The number of carboxylic acid groups (broad SMARTS) is 1. The van der Waals surface area contributed by atoms with Crippen LogP contribution in [0.15, 0.2) is 24.3 Å². The van der Waals surface area contributed by atoms with Crippen molar-refractivity contribution in [1.82, 2.24) is 10.6 Å². The normalized spacial score (nSPS) is 23.5. The summed E-state index contributed by atoms with van der Waals surface area (Å²) >= 11 is 0. The third kappa shape index (κ3) is 6.85. The van der Waals surface area contributed by atoms with Crippen molar-refractivity contribution in [2.24, 2.45) is 11.8 Å². The van der Waals surface area contributed by atoms with Crippen LogP contribution < -0.4 is 10.6 Å². The van der Waals surface area contributed by atoms with Crippen LogP contribution >= 0.6 is 0 Å². The zero-order valence-electron chi connectivity index (χ0n) is 17.1. The van der Waals surface area contributed by atoms with Gasteiger partial charge in [-0.25, -0.2) is 0 Å². The first-order valence-electron chi connectivity index (χ1n) is 10.3. The van der Waals surface area contributed by atoms with Gasteiger partial charge in [-0.1, -0.05) is 26.0 Å². The van der Waals surface area contributed by atoms with Crippen LogP contribution in [0.1, 0.15) is 61.9 Å². The summed E-state index contributed by atoms with van der Waals surface area (Å²) in [6, 6.07) is 7.56. The molecule has 2 aliphatic rings. The zero-order valence-corrected chi connectivity index (χ0v) is 17.1. The number of rotatable bonds is 6. The van der Waals surface area contributed by atoms with Crippen LogP contribution in [-0.4, -0.2) is 46.7 Å². The molecule has 1 aromatic rings. The quantitative estimate of drug-likeness (QED) is 0.542. The number of hydrogen-bond donors (Lipinski definition) is 4. The van der Waals surface area contributed by atoms with Gasteiger partial charge in [0.1, 0.15) is 0 Å². The Hall–Kier alpha value is -2.41. The monoisotopic (exact) mass is 404 g/mol. The van der Waals surface area contributed by atoms with Crippen molar-refractivity contribution in [2.45, 2.75) is 70.6 Å². The Morgan fingerprint density at radius 3 is 2.28 bits per heavy atom. The minimum absolute atomic E-state index is 0.0172. The molecule has 2 saturated carbocycles. The Bertz CT molecular complexity index is 685. The first-order valence-corrected chi connectivity index (χ1v) is 10.3. The Morgan fingerprint density at radius 2 is 1.76 bits per heavy atom. The Balaban J connectivity index is 0.000000941. The first-order chi connectivity index (χ1) is 13.8. The summed E-state index contributed by atoms with van der Waals surface area (Å²) in [4.78, 5) is 33.1. The van der Waals surface area contributed by atoms with Crippen molar-refractivity contribution < 1.29 is 24.6 Å². The standard InChI is InChI=1S/C21H30N2O3.CH2O2/c1-13(2)10-14-6-8-15(9-7-14)20(25)23-18-11-16(12-19(18)24)21(26)22-17-4-3-5-17;2-1-3/h6-9,13,16-19,24H,3-5,10-12H2,1-2H3,(H,22,26)(H,23,25);1H,(H,2,3)/t16-,18+,19+;/m0./s1. The van der Waals surface area contributed by atoms with Gasteiger partial charge in [-0.15, -0.1) is 0 Å². The summed E-state index contributed by atoms with van der Waals surface area (Å²) in [6.07, 6.45) is 4.50. The molecule has 7 heteroatoms. The maximum Gasteiger partial charge on any atom is 0.290 e. The van der Waals surface area contributed by atoms with Gasteiger partial charge in [0, 0.05) is 17.5 Å². The van der Waals surface area contributed by atoms with E-state index in [4.69, 9.17) is 9.90 Å². The van der Waals surface area contributed by atoms with E-state index in [-0.39, 0.29) is 30.2 Å². The maximum absolute atomic E-state index is 12.5. The summed E-state index contributed by atoms with van der Waals surface area (Å²) in [6.45, 7) is 4.08. The number of aliphatic hydroxyl groups is 1. The molecule has 7 nitrogen and oxygen atoms in total. The second-order valence-electron chi connectivity index (χ2n) is 8.35. The van der Waals surface area contributed by atoms with Gasteiger partial charge in [0.05, 0.1) is 12.1 Å². The minimum atomic E-state index is -0.670. The van der Waals surface area contributed by atoms with E-state index in [9.17, 15) is 14.7 Å². The molecule has 1 aromatic carbocycles. The third-order valence-electron chi connectivity index (χ3n) is 5.53. The Labute approximate surface area is 171 Å². The predicted octanol–water partition coefficient (Wildman–Crippen LogP) is 2.12. The minimum Gasteiger partial charge on any atom is -0.483 e. The van der Waals surface area contributed by atoms with Crippen molar-refractivity contribution in [3.05, 3.63) is 35.4 Å². The van der Waals surface area contributed by atoms with Crippen LogP contribution in [0.25, 0.3) is 0 Å². The molecule has 0 aromatic heterocycles. The molecule has 3 rings (SSSR count). The third-order valence-corrected chi connectivity index (χ3v) is 5.53. The topological polar surface area (TPSA) is 116 Å². The molecule has 3 atom stereocenters. The van der Waals surface area contributed by atoms with E-state index < -0.39 is 6.10 Å². The molecule has 0 aliphatic heterocycles. The average Bonchev–Trinajstić information content (AvgIpc) is 2.99. The summed E-state index contributed by atoms with van der Waals surface area (Å²) in [5.41, 5.74) is 1.80. The van der Waals surface area contributed by atoms with Crippen LogP contribution in [0, 0.1) is 11.8 Å². The first kappa shape index (κ1) is 22.9. The lowest BCUT2D eigenvalue weighted by atomic mass is 9.92. The van der Waals surface area contributed by atoms with Crippen LogP contribution in [0.3, 0.4) is 0 Å². The molecule has 0 unspecified atom stereocenters. The van der Waals surface area contributed by atoms with E-state index in [1.807, 2.05) is 24.3 Å². The molecule has 0 bridgehead atoms. The van der Waals surface area contributed by atoms with Gasteiger partial charge in [-0.3, -0.25) is 14.4 Å². The molecule has 0 radical (unpaired) electrons. The largest absolute Gasteiger partial charge is 0.483 e. The highest BCUT2D eigenvalue weighted by molar-refractivity contribution is 5.94. The molecule has 4 N–H and O–H groups in total. The van der Waals surface area contributed by atoms with E-state index in [0.717, 1.165) is 19.3 Å². The average molecular weight is 405 g/mol. The smallest absolute Gasteiger partial charge is 0.290 e. The highest BCUT2D eigenvalue weighted by Gasteiger charge is 2.38. The number of benzene rings is 1. The lowest BCUT2D eigenvalue weighted by Gasteiger charge is -2.27. The summed E-state index contributed by atoms with van der Waals surface area (Å²) in [7, 11) is 0. The van der Waals surface area contributed by atoms with Crippen LogP contribution in [-0.2, 0) is 16.0 Å². The highest BCUT2D eigenvalue weighted by Crippen LogP contribution is 2.28. The maximum atomic E-state index is 12.5. The van der Waals surface area contributed by atoms with E-state index in [2.05, 4.69) is 24.5 Å². The molecule has 2 aliphatic carbocycles. The van der Waals surface area contributed by atoms with Crippen LogP contribution in [0.4, 0.5) is 0 Å². The number of hydrogen-bond acceptors (Lipinski definition) is 4. The van der Waals surface area contributed by atoms with Crippen molar-refractivity contribution in [1.29, 1.82) is 0 Å². The van der Waals surface area contributed by atoms with Gasteiger partial charge < -0.3 is 20.8 Å².